The minimum atomic E-state index is -0.127. The van der Waals surface area contributed by atoms with Crippen molar-refractivity contribution in [2.45, 2.75) is 19.9 Å². The van der Waals surface area contributed by atoms with Gasteiger partial charge in [-0.25, -0.2) is 4.98 Å². The van der Waals surface area contributed by atoms with E-state index in [0.717, 1.165) is 11.4 Å². The van der Waals surface area contributed by atoms with Crippen molar-refractivity contribution in [3.8, 4) is 17.2 Å². The third-order valence-corrected chi connectivity index (χ3v) is 3.74. The molecule has 114 valence electrons. The SMILES string of the molecule is COc1cc(OC)c(-n2cncc2C(N)C(C)C)cc1Cl. The molecule has 0 radical (unpaired) electrons. The zero-order valence-electron chi connectivity index (χ0n) is 12.6. The van der Waals surface area contributed by atoms with Gasteiger partial charge in [-0.1, -0.05) is 25.4 Å². The van der Waals surface area contributed by atoms with E-state index >= 15 is 0 Å². The van der Waals surface area contributed by atoms with Gasteiger partial charge in [0.15, 0.2) is 0 Å². The topological polar surface area (TPSA) is 62.3 Å². The Kier molecular flexibility index (Phi) is 4.75. The highest BCUT2D eigenvalue weighted by Crippen LogP contribution is 2.36. The van der Waals surface area contributed by atoms with E-state index in [-0.39, 0.29) is 6.04 Å². The van der Waals surface area contributed by atoms with E-state index in [2.05, 4.69) is 18.8 Å². The number of hydrogen-bond donors (Lipinski definition) is 1. The Morgan fingerprint density at radius 1 is 1.19 bits per heavy atom. The fraction of sp³-hybridized carbons (Fsp3) is 0.400. The van der Waals surface area contributed by atoms with Crippen molar-refractivity contribution in [3.05, 3.63) is 35.4 Å². The summed E-state index contributed by atoms with van der Waals surface area (Å²) in [5.41, 5.74) is 7.94. The van der Waals surface area contributed by atoms with Crippen LogP contribution in [0.25, 0.3) is 5.69 Å². The lowest BCUT2D eigenvalue weighted by Crippen LogP contribution is -2.20. The van der Waals surface area contributed by atoms with Crippen LogP contribution in [0.2, 0.25) is 5.02 Å². The van der Waals surface area contributed by atoms with Crippen LogP contribution in [0.15, 0.2) is 24.7 Å². The molecule has 1 aromatic carbocycles. The van der Waals surface area contributed by atoms with Gasteiger partial charge in [0.1, 0.15) is 11.5 Å². The van der Waals surface area contributed by atoms with E-state index in [1.54, 1.807) is 38.9 Å². The van der Waals surface area contributed by atoms with Gasteiger partial charge in [0.05, 0.1) is 43.1 Å². The first-order valence-electron chi connectivity index (χ1n) is 6.69. The van der Waals surface area contributed by atoms with E-state index in [1.165, 1.54) is 0 Å². The van der Waals surface area contributed by atoms with Crippen molar-refractivity contribution in [2.75, 3.05) is 14.2 Å². The van der Waals surface area contributed by atoms with Gasteiger partial charge in [0, 0.05) is 12.1 Å². The number of nitrogens with zero attached hydrogens (tertiary/aromatic N) is 2. The minimum absolute atomic E-state index is 0.127. The standard InChI is InChI=1S/C15H20ClN3O2/c1-9(2)15(17)12-7-18-8-19(12)11-5-10(16)13(20-3)6-14(11)21-4/h5-9,15H,17H2,1-4H3. The lowest BCUT2D eigenvalue weighted by molar-refractivity contribution is 0.392. The molecule has 2 aromatic rings. The lowest BCUT2D eigenvalue weighted by atomic mass is 10.0. The molecule has 2 rings (SSSR count). The molecule has 1 unspecified atom stereocenters. The number of imidazole rings is 1. The predicted molar refractivity (Wildman–Crippen MR) is 83.4 cm³/mol. The zero-order chi connectivity index (χ0) is 15.6. The fourth-order valence-electron chi connectivity index (χ4n) is 2.13. The van der Waals surface area contributed by atoms with Crippen LogP contribution in [0.5, 0.6) is 11.5 Å². The number of benzene rings is 1. The molecular formula is C15H20ClN3O2. The molecule has 1 aromatic heterocycles. The van der Waals surface area contributed by atoms with Gasteiger partial charge in [-0.2, -0.15) is 0 Å². The molecule has 1 atom stereocenters. The molecule has 1 heterocycles. The molecular weight excluding hydrogens is 290 g/mol. The van der Waals surface area contributed by atoms with Gasteiger partial charge in [0.25, 0.3) is 0 Å². The van der Waals surface area contributed by atoms with Crippen LogP contribution < -0.4 is 15.2 Å². The third kappa shape index (κ3) is 2.99. The van der Waals surface area contributed by atoms with E-state index in [9.17, 15) is 0 Å². The first kappa shape index (κ1) is 15.7. The average molecular weight is 310 g/mol. The molecule has 21 heavy (non-hydrogen) atoms. The van der Waals surface area contributed by atoms with Crippen molar-refractivity contribution in [3.63, 3.8) is 0 Å². The van der Waals surface area contributed by atoms with Crippen molar-refractivity contribution in [1.82, 2.24) is 9.55 Å². The molecule has 0 bridgehead atoms. The van der Waals surface area contributed by atoms with Gasteiger partial charge >= 0.3 is 0 Å². The first-order valence-corrected chi connectivity index (χ1v) is 7.07. The number of nitrogens with two attached hydrogens (primary N) is 1. The van der Waals surface area contributed by atoms with E-state index in [1.807, 2.05) is 4.57 Å². The summed E-state index contributed by atoms with van der Waals surface area (Å²) in [5.74, 6) is 1.50. The Morgan fingerprint density at radius 2 is 1.86 bits per heavy atom. The van der Waals surface area contributed by atoms with Crippen LogP contribution in [0.3, 0.4) is 0 Å². The normalized spacial score (nSPS) is 12.5. The maximum Gasteiger partial charge on any atom is 0.146 e. The minimum Gasteiger partial charge on any atom is -0.495 e. The second-order valence-electron chi connectivity index (χ2n) is 5.12. The maximum absolute atomic E-state index is 6.25. The second kappa shape index (κ2) is 6.37. The Bertz CT molecular complexity index is 625. The summed E-state index contributed by atoms with van der Waals surface area (Å²) in [6.45, 7) is 4.14. The summed E-state index contributed by atoms with van der Waals surface area (Å²) in [5, 5.41) is 0.506. The summed E-state index contributed by atoms with van der Waals surface area (Å²) in [4.78, 5) is 4.20. The van der Waals surface area contributed by atoms with Crippen LogP contribution >= 0.6 is 11.6 Å². The molecule has 0 aliphatic rings. The molecule has 0 spiro atoms. The van der Waals surface area contributed by atoms with Gasteiger partial charge in [0.2, 0.25) is 0 Å². The van der Waals surface area contributed by atoms with Crippen LogP contribution in [0.1, 0.15) is 25.6 Å². The molecule has 0 saturated carbocycles. The van der Waals surface area contributed by atoms with Crippen molar-refractivity contribution in [1.29, 1.82) is 0 Å². The van der Waals surface area contributed by atoms with Gasteiger partial charge in [-0.15, -0.1) is 0 Å². The molecule has 0 aliphatic heterocycles. The summed E-state index contributed by atoms with van der Waals surface area (Å²) < 4.78 is 12.5. The smallest absolute Gasteiger partial charge is 0.146 e. The van der Waals surface area contributed by atoms with Crippen LogP contribution in [0.4, 0.5) is 0 Å². The Hall–Kier alpha value is -1.72. The van der Waals surface area contributed by atoms with Crippen molar-refractivity contribution >= 4 is 11.6 Å². The van der Waals surface area contributed by atoms with Crippen LogP contribution in [-0.2, 0) is 0 Å². The zero-order valence-corrected chi connectivity index (χ0v) is 13.4. The summed E-state index contributed by atoms with van der Waals surface area (Å²) in [6, 6.07) is 3.41. The van der Waals surface area contributed by atoms with E-state index in [4.69, 9.17) is 26.8 Å². The number of methoxy groups -OCH3 is 2. The Morgan fingerprint density at radius 3 is 2.43 bits per heavy atom. The highest BCUT2D eigenvalue weighted by Gasteiger charge is 2.19. The molecule has 6 heteroatoms. The predicted octanol–water partition coefficient (Wildman–Crippen LogP) is 3.20. The highest BCUT2D eigenvalue weighted by molar-refractivity contribution is 6.32. The van der Waals surface area contributed by atoms with Crippen molar-refractivity contribution < 1.29 is 9.47 Å². The summed E-state index contributed by atoms with van der Waals surface area (Å²) >= 11 is 6.22. The molecule has 0 amide bonds. The number of ether oxygens (including phenoxy) is 2. The van der Waals surface area contributed by atoms with Crippen LogP contribution in [0, 0.1) is 5.92 Å². The molecule has 0 saturated heterocycles. The second-order valence-corrected chi connectivity index (χ2v) is 5.52. The lowest BCUT2D eigenvalue weighted by Gasteiger charge is -2.20. The monoisotopic (exact) mass is 309 g/mol. The maximum atomic E-state index is 6.25. The first-order chi connectivity index (χ1) is 9.99. The number of rotatable bonds is 5. The average Bonchev–Trinajstić information content (AvgIpc) is 2.95. The fourth-order valence-corrected chi connectivity index (χ4v) is 2.36. The number of halogens is 1. The Balaban J connectivity index is 2.57. The largest absolute Gasteiger partial charge is 0.495 e. The molecule has 0 fully saturated rings. The number of hydrogen-bond acceptors (Lipinski definition) is 4. The van der Waals surface area contributed by atoms with Gasteiger partial charge in [-0.3, -0.25) is 4.57 Å². The highest BCUT2D eigenvalue weighted by atomic mass is 35.5. The molecule has 0 aliphatic carbocycles. The van der Waals surface area contributed by atoms with Gasteiger partial charge < -0.3 is 15.2 Å². The third-order valence-electron chi connectivity index (χ3n) is 3.44. The molecule has 5 nitrogen and oxygen atoms in total. The Labute approximate surface area is 129 Å². The summed E-state index contributed by atoms with van der Waals surface area (Å²) in [6.07, 6.45) is 3.47. The van der Waals surface area contributed by atoms with E-state index < -0.39 is 0 Å². The quantitative estimate of drug-likeness (QED) is 0.921. The van der Waals surface area contributed by atoms with Gasteiger partial charge in [-0.05, 0) is 12.0 Å². The van der Waals surface area contributed by atoms with Crippen molar-refractivity contribution in [2.24, 2.45) is 11.7 Å². The number of aromatic nitrogens is 2. The van der Waals surface area contributed by atoms with Crippen LogP contribution in [-0.4, -0.2) is 23.8 Å². The summed E-state index contributed by atoms with van der Waals surface area (Å²) in [7, 11) is 3.17. The molecule has 2 N–H and O–H groups in total. The van der Waals surface area contributed by atoms with E-state index in [0.29, 0.717) is 22.4 Å².